The van der Waals surface area contributed by atoms with Gasteiger partial charge in [-0.05, 0) is 25.1 Å². The molecule has 1 rings (SSSR count). The number of ether oxygens (including phenoxy) is 2. The quantitative estimate of drug-likeness (QED) is 0.607. The fraction of sp³-hybridized carbons (Fsp3) is 0.267. The largest absolute Gasteiger partial charge is 0.463 e. The molecule has 0 aliphatic carbocycles. The van der Waals surface area contributed by atoms with Crippen LogP contribution in [0.3, 0.4) is 0 Å². The van der Waals surface area contributed by atoms with Crippen LogP contribution in [0.15, 0.2) is 30.4 Å². The van der Waals surface area contributed by atoms with Crippen molar-refractivity contribution in [3.63, 3.8) is 0 Å². The number of esters is 2. The van der Waals surface area contributed by atoms with Crippen LogP contribution in [0.4, 0.5) is 18.9 Å². The number of hydrogen-bond acceptors (Lipinski definition) is 5. The zero-order chi connectivity index (χ0) is 19.0. The van der Waals surface area contributed by atoms with E-state index in [1.54, 1.807) is 6.92 Å². The molecule has 0 bridgehead atoms. The smallest absolute Gasteiger partial charge is 0.417 e. The first-order valence-electron chi connectivity index (χ1n) is 6.81. The average molecular weight is 380 g/mol. The fourth-order valence-electron chi connectivity index (χ4n) is 1.53. The number of alkyl halides is 3. The summed E-state index contributed by atoms with van der Waals surface area (Å²) < 4.78 is 47.2. The zero-order valence-corrected chi connectivity index (χ0v) is 13.6. The number of rotatable bonds is 6. The number of halogens is 4. The van der Waals surface area contributed by atoms with Gasteiger partial charge in [0.05, 0.1) is 17.2 Å². The Morgan fingerprint density at radius 2 is 1.76 bits per heavy atom. The number of benzene rings is 1. The monoisotopic (exact) mass is 379 g/mol. The molecule has 136 valence electrons. The van der Waals surface area contributed by atoms with E-state index < -0.39 is 41.2 Å². The minimum atomic E-state index is -4.68. The summed E-state index contributed by atoms with van der Waals surface area (Å²) in [6.07, 6.45) is -3.10. The molecule has 0 aliphatic heterocycles. The van der Waals surface area contributed by atoms with Crippen molar-refractivity contribution >= 4 is 35.1 Å². The second-order valence-electron chi connectivity index (χ2n) is 4.43. The number of nitrogens with one attached hydrogen (secondary N) is 1. The molecule has 0 fully saturated rings. The second kappa shape index (κ2) is 9.07. The van der Waals surface area contributed by atoms with E-state index >= 15 is 0 Å². The number of carbonyl (C=O) groups excluding carboxylic acids is 3. The lowest BCUT2D eigenvalue weighted by atomic mass is 10.2. The van der Waals surface area contributed by atoms with E-state index in [0.717, 1.165) is 24.3 Å². The van der Waals surface area contributed by atoms with Crippen LogP contribution in [0, 0.1) is 0 Å². The maximum atomic E-state index is 12.7. The minimum Gasteiger partial charge on any atom is -0.463 e. The highest BCUT2D eigenvalue weighted by Gasteiger charge is 2.33. The highest BCUT2D eigenvalue weighted by atomic mass is 35.5. The van der Waals surface area contributed by atoms with Crippen molar-refractivity contribution in [2.24, 2.45) is 0 Å². The van der Waals surface area contributed by atoms with Gasteiger partial charge in [0, 0.05) is 17.8 Å². The van der Waals surface area contributed by atoms with Crippen LogP contribution >= 0.6 is 11.6 Å². The van der Waals surface area contributed by atoms with Crippen molar-refractivity contribution in [3.05, 3.63) is 40.9 Å². The first kappa shape index (κ1) is 20.5. The van der Waals surface area contributed by atoms with Gasteiger partial charge in [-0.25, -0.2) is 9.59 Å². The molecule has 0 atom stereocenters. The maximum absolute atomic E-state index is 12.7. The Balaban J connectivity index is 2.58. The Bertz CT molecular complexity index is 688. The zero-order valence-electron chi connectivity index (χ0n) is 12.9. The van der Waals surface area contributed by atoms with Crippen molar-refractivity contribution < 1.29 is 37.0 Å². The highest BCUT2D eigenvalue weighted by Crippen LogP contribution is 2.36. The second-order valence-corrected chi connectivity index (χ2v) is 4.84. The Hall–Kier alpha value is -2.55. The predicted molar refractivity (Wildman–Crippen MR) is 81.8 cm³/mol. The molecule has 0 aliphatic rings. The third kappa shape index (κ3) is 7.25. The maximum Gasteiger partial charge on any atom is 0.417 e. The summed E-state index contributed by atoms with van der Waals surface area (Å²) >= 11 is 5.46. The molecular formula is C15H13ClF3NO5. The molecule has 25 heavy (non-hydrogen) atoms. The normalized spacial score (nSPS) is 11.2. The highest BCUT2D eigenvalue weighted by molar-refractivity contribution is 6.31. The van der Waals surface area contributed by atoms with Crippen molar-refractivity contribution in [2.75, 3.05) is 18.5 Å². The molecule has 0 saturated carbocycles. The van der Waals surface area contributed by atoms with Gasteiger partial charge in [-0.15, -0.1) is 0 Å². The molecule has 1 N–H and O–H groups in total. The first-order valence-corrected chi connectivity index (χ1v) is 7.19. The molecule has 0 radical (unpaired) electrons. The molecule has 0 aromatic heterocycles. The summed E-state index contributed by atoms with van der Waals surface area (Å²) in [5, 5.41) is 1.62. The summed E-state index contributed by atoms with van der Waals surface area (Å²) in [7, 11) is 0. The molecule has 1 aromatic carbocycles. The molecular weight excluding hydrogens is 367 g/mol. The van der Waals surface area contributed by atoms with Gasteiger partial charge in [0.1, 0.15) is 0 Å². The van der Waals surface area contributed by atoms with Crippen LogP contribution < -0.4 is 5.32 Å². The lowest BCUT2D eigenvalue weighted by Gasteiger charge is -2.11. The van der Waals surface area contributed by atoms with Gasteiger partial charge in [-0.2, -0.15) is 13.2 Å². The Morgan fingerprint density at radius 3 is 2.32 bits per heavy atom. The van der Waals surface area contributed by atoms with Crippen molar-refractivity contribution in [3.8, 4) is 0 Å². The SMILES string of the molecule is CCOC(=O)C=CC(=O)OCC(=O)Nc1ccc(Cl)c(C(F)(F)F)c1. The number of hydrogen-bond donors (Lipinski definition) is 1. The summed E-state index contributed by atoms with van der Waals surface area (Å²) in [6.45, 7) is 0.951. The molecule has 0 saturated heterocycles. The van der Waals surface area contributed by atoms with E-state index in [9.17, 15) is 27.6 Å². The van der Waals surface area contributed by atoms with Crippen LogP contribution in [0.25, 0.3) is 0 Å². The summed E-state index contributed by atoms with van der Waals surface area (Å²) in [5.41, 5.74) is -1.28. The summed E-state index contributed by atoms with van der Waals surface area (Å²) in [5.74, 6) is -2.62. The Morgan fingerprint density at radius 1 is 1.16 bits per heavy atom. The molecule has 10 heteroatoms. The van der Waals surface area contributed by atoms with Gasteiger partial charge in [0.2, 0.25) is 0 Å². The molecule has 6 nitrogen and oxygen atoms in total. The standard InChI is InChI=1S/C15H13ClF3NO5/c1-2-24-13(22)5-6-14(23)25-8-12(21)20-9-3-4-11(16)10(7-9)15(17,18)19/h3-7H,2,8H2,1H3,(H,20,21). The molecule has 1 aromatic rings. The van der Waals surface area contributed by atoms with E-state index in [2.05, 4.69) is 14.8 Å². The van der Waals surface area contributed by atoms with Gasteiger partial charge in [-0.3, -0.25) is 4.79 Å². The predicted octanol–water partition coefficient (Wildman–Crippen LogP) is 2.96. The molecule has 0 unspecified atom stereocenters. The van der Waals surface area contributed by atoms with Crippen LogP contribution in [-0.4, -0.2) is 31.1 Å². The Kier molecular flexibility index (Phi) is 7.43. The first-order chi connectivity index (χ1) is 11.6. The van der Waals surface area contributed by atoms with E-state index in [1.165, 1.54) is 0 Å². The van der Waals surface area contributed by atoms with Gasteiger partial charge in [0.25, 0.3) is 5.91 Å². The van der Waals surface area contributed by atoms with Gasteiger partial charge in [-0.1, -0.05) is 11.6 Å². The van der Waals surface area contributed by atoms with Crippen LogP contribution in [0.1, 0.15) is 12.5 Å². The third-order valence-electron chi connectivity index (χ3n) is 2.54. The third-order valence-corrected chi connectivity index (χ3v) is 2.87. The lowest BCUT2D eigenvalue weighted by molar-refractivity contribution is -0.143. The van der Waals surface area contributed by atoms with Crippen molar-refractivity contribution in [1.29, 1.82) is 0 Å². The summed E-state index contributed by atoms with van der Waals surface area (Å²) in [6, 6.07) is 2.80. The van der Waals surface area contributed by atoms with Gasteiger partial charge >= 0.3 is 18.1 Å². The van der Waals surface area contributed by atoms with Crippen LogP contribution in [0.5, 0.6) is 0 Å². The van der Waals surface area contributed by atoms with Gasteiger partial charge in [0.15, 0.2) is 6.61 Å². The van der Waals surface area contributed by atoms with Crippen LogP contribution in [0.2, 0.25) is 5.02 Å². The molecule has 0 spiro atoms. The minimum absolute atomic E-state index is 0.127. The van der Waals surface area contributed by atoms with Crippen molar-refractivity contribution in [2.45, 2.75) is 13.1 Å². The lowest BCUT2D eigenvalue weighted by Crippen LogP contribution is -2.20. The van der Waals surface area contributed by atoms with E-state index in [1.807, 2.05) is 0 Å². The molecule has 0 heterocycles. The average Bonchev–Trinajstić information content (AvgIpc) is 2.52. The Labute approximate surface area is 145 Å². The number of anilines is 1. The van der Waals surface area contributed by atoms with E-state index in [-0.39, 0.29) is 12.3 Å². The van der Waals surface area contributed by atoms with Crippen LogP contribution in [-0.2, 0) is 30.0 Å². The van der Waals surface area contributed by atoms with Crippen molar-refractivity contribution in [1.82, 2.24) is 0 Å². The van der Waals surface area contributed by atoms with E-state index in [0.29, 0.717) is 6.07 Å². The number of carbonyl (C=O) groups is 3. The number of amides is 1. The topological polar surface area (TPSA) is 81.7 Å². The fourth-order valence-corrected chi connectivity index (χ4v) is 1.75. The van der Waals surface area contributed by atoms with Gasteiger partial charge < -0.3 is 14.8 Å². The molecule has 1 amide bonds. The van der Waals surface area contributed by atoms with E-state index in [4.69, 9.17) is 11.6 Å². The summed E-state index contributed by atoms with van der Waals surface area (Å²) in [4.78, 5) is 33.8.